The largest absolute Gasteiger partial charge is 0.343 e. The van der Waals surface area contributed by atoms with Crippen molar-refractivity contribution in [2.45, 2.75) is 39.5 Å². The first-order chi connectivity index (χ1) is 5.77. The topological polar surface area (TPSA) is 20.3 Å². The fraction of sp³-hybridized carbons (Fsp3) is 0.900. The first-order valence-corrected chi connectivity index (χ1v) is 5.05. The van der Waals surface area contributed by atoms with Crippen LogP contribution in [0.5, 0.6) is 0 Å². The van der Waals surface area contributed by atoms with Gasteiger partial charge >= 0.3 is 0 Å². The van der Waals surface area contributed by atoms with Gasteiger partial charge in [-0.15, -0.1) is 0 Å². The molecule has 12 heavy (non-hydrogen) atoms. The molecule has 0 aliphatic carbocycles. The summed E-state index contributed by atoms with van der Waals surface area (Å²) in [5, 5.41) is 0. The number of carbonyl (C=O) groups is 1. The van der Waals surface area contributed by atoms with Gasteiger partial charge in [0.25, 0.3) is 0 Å². The molecule has 1 amide bonds. The number of hydrogen-bond acceptors (Lipinski definition) is 1. The summed E-state index contributed by atoms with van der Waals surface area (Å²) in [6, 6.07) is 0. The van der Waals surface area contributed by atoms with Gasteiger partial charge in [-0.2, -0.15) is 0 Å². The van der Waals surface area contributed by atoms with Crippen LogP contribution in [0.4, 0.5) is 0 Å². The zero-order chi connectivity index (χ0) is 8.97. The molecule has 0 aromatic heterocycles. The number of likely N-dealkylation sites (tertiary alicyclic amines) is 1. The highest BCUT2D eigenvalue weighted by molar-refractivity contribution is 5.78. The summed E-state index contributed by atoms with van der Waals surface area (Å²) in [5.74, 6) is 1.01. The average molecular weight is 169 g/mol. The highest BCUT2D eigenvalue weighted by Crippen LogP contribution is 2.22. The van der Waals surface area contributed by atoms with E-state index in [1.54, 1.807) is 0 Å². The third kappa shape index (κ3) is 2.23. The molecule has 0 radical (unpaired) electrons. The number of hydrogen-bond donors (Lipinski definition) is 0. The van der Waals surface area contributed by atoms with Gasteiger partial charge in [0.15, 0.2) is 0 Å². The summed E-state index contributed by atoms with van der Waals surface area (Å²) in [6.45, 7) is 6.16. The van der Waals surface area contributed by atoms with Crippen LogP contribution < -0.4 is 0 Å². The number of rotatable bonds is 4. The number of unbranched alkanes of at least 4 members (excludes halogenated alkanes) is 1. The van der Waals surface area contributed by atoms with Crippen LogP contribution in [-0.4, -0.2) is 23.9 Å². The second-order valence-electron chi connectivity index (χ2n) is 3.64. The van der Waals surface area contributed by atoms with E-state index in [4.69, 9.17) is 0 Å². The fourth-order valence-electron chi connectivity index (χ4n) is 1.85. The van der Waals surface area contributed by atoms with Crippen LogP contribution in [-0.2, 0) is 4.79 Å². The van der Waals surface area contributed by atoms with Crippen molar-refractivity contribution in [3.8, 4) is 0 Å². The Morgan fingerprint density at radius 2 is 2.25 bits per heavy atom. The van der Waals surface area contributed by atoms with Crippen molar-refractivity contribution < 1.29 is 4.79 Å². The van der Waals surface area contributed by atoms with E-state index in [0.29, 0.717) is 11.8 Å². The van der Waals surface area contributed by atoms with E-state index in [-0.39, 0.29) is 0 Å². The lowest BCUT2D eigenvalue weighted by molar-refractivity contribution is -0.127. The van der Waals surface area contributed by atoms with Crippen LogP contribution in [0.25, 0.3) is 0 Å². The molecule has 1 atom stereocenters. The van der Waals surface area contributed by atoms with Gasteiger partial charge in [-0.3, -0.25) is 4.79 Å². The third-order valence-electron chi connectivity index (χ3n) is 2.64. The van der Waals surface area contributed by atoms with Gasteiger partial charge in [0.1, 0.15) is 0 Å². The third-order valence-corrected chi connectivity index (χ3v) is 2.64. The molecule has 2 heteroatoms. The Hall–Kier alpha value is -0.530. The van der Waals surface area contributed by atoms with Gasteiger partial charge in [0, 0.05) is 19.5 Å². The Kier molecular flexibility index (Phi) is 3.57. The summed E-state index contributed by atoms with van der Waals surface area (Å²) in [5.41, 5.74) is 0. The number of nitrogens with zero attached hydrogens (tertiary/aromatic N) is 1. The molecule has 1 fully saturated rings. The maximum absolute atomic E-state index is 11.3. The standard InChI is InChI=1S/C10H19NO/c1-3-5-6-9-7-10(12)11(4-2)8-9/h9H,3-8H2,1-2H3. The van der Waals surface area contributed by atoms with Crippen LogP contribution in [0.15, 0.2) is 0 Å². The molecular weight excluding hydrogens is 150 g/mol. The van der Waals surface area contributed by atoms with Crippen LogP contribution >= 0.6 is 0 Å². The maximum Gasteiger partial charge on any atom is 0.222 e. The Balaban J connectivity index is 2.28. The van der Waals surface area contributed by atoms with Crippen molar-refractivity contribution in [2.75, 3.05) is 13.1 Å². The summed E-state index contributed by atoms with van der Waals surface area (Å²) < 4.78 is 0. The second-order valence-corrected chi connectivity index (χ2v) is 3.64. The molecule has 1 aliphatic rings. The molecule has 0 aromatic rings. The molecule has 0 spiro atoms. The van der Waals surface area contributed by atoms with Crippen LogP contribution in [0.1, 0.15) is 39.5 Å². The Bertz CT molecular complexity index is 156. The lowest BCUT2D eigenvalue weighted by Gasteiger charge is -2.12. The molecule has 0 N–H and O–H groups in total. The number of carbonyl (C=O) groups excluding carboxylic acids is 1. The lowest BCUT2D eigenvalue weighted by Crippen LogP contribution is -2.24. The molecule has 0 aromatic carbocycles. The van der Waals surface area contributed by atoms with E-state index in [0.717, 1.165) is 19.5 Å². The average Bonchev–Trinajstić information content (AvgIpc) is 2.43. The normalized spacial score (nSPS) is 23.7. The fourth-order valence-corrected chi connectivity index (χ4v) is 1.85. The van der Waals surface area contributed by atoms with Crippen molar-refractivity contribution in [2.24, 2.45) is 5.92 Å². The van der Waals surface area contributed by atoms with Gasteiger partial charge in [0.2, 0.25) is 5.91 Å². The van der Waals surface area contributed by atoms with E-state index in [2.05, 4.69) is 13.8 Å². The molecular formula is C10H19NO. The van der Waals surface area contributed by atoms with Gasteiger partial charge < -0.3 is 4.90 Å². The van der Waals surface area contributed by atoms with E-state index in [1.807, 2.05) is 4.90 Å². The van der Waals surface area contributed by atoms with E-state index >= 15 is 0 Å². The quantitative estimate of drug-likeness (QED) is 0.630. The highest BCUT2D eigenvalue weighted by atomic mass is 16.2. The van der Waals surface area contributed by atoms with Gasteiger partial charge in [-0.25, -0.2) is 0 Å². The highest BCUT2D eigenvalue weighted by Gasteiger charge is 2.27. The minimum Gasteiger partial charge on any atom is -0.343 e. The van der Waals surface area contributed by atoms with E-state index in [9.17, 15) is 4.79 Å². The smallest absolute Gasteiger partial charge is 0.222 e. The van der Waals surface area contributed by atoms with Crippen molar-refractivity contribution in [3.63, 3.8) is 0 Å². The minimum atomic E-state index is 0.360. The molecule has 0 bridgehead atoms. The van der Waals surface area contributed by atoms with Gasteiger partial charge in [0.05, 0.1) is 0 Å². The second kappa shape index (κ2) is 4.48. The van der Waals surface area contributed by atoms with Crippen LogP contribution in [0.3, 0.4) is 0 Å². The maximum atomic E-state index is 11.3. The first kappa shape index (κ1) is 9.56. The summed E-state index contributed by atoms with van der Waals surface area (Å²) in [4.78, 5) is 13.3. The minimum absolute atomic E-state index is 0.360. The lowest BCUT2D eigenvalue weighted by atomic mass is 10.0. The first-order valence-electron chi connectivity index (χ1n) is 5.05. The number of amides is 1. The van der Waals surface area contributed by atoms with Crippen molar-refractivity contribution in [1.82, 2.24) is 4.90 Å². The summed E-state index contributed by atoms with van der Waals surface area (Å²) in [6.07, 6.45) is 4.55. The van der Waals surface area contributed by atoms with Crippen molar-refractivity contribution >= 4 is 5.91 Å². The molecule has 2 nitrogen and oxygen atoms in total. The summed E-state index contributed by atoms with van der Waals surface area (Å²) >= 11 is 0. The summed E-state index contributed by atoms with van der Waals surface area (Å²) in [7, 11) is 0. The van der Waals surface area contributed by atoms with Crippen molar-refractivity contribution in [3.05, 3.63) is 0 Å². The molecule has 1 saturated heterocycles. The molecule has 0 saturated carbocycles. The molecule has 1 heterocycles. The molecule has 1 unspecified atom stereocenters. The van der Waals surface area contributed by atoms with E-state index < -0.39 is 0 Å². The molecule has 70 valence electrons. The zero-order valence-corrected chi connectivity index (χ0v) is 8.18. The predicted molar refractivity (Wildman–Crippen MR) is 49.9 cm³/mol. The zero-order valence-electron chi connectivity index (χ0n) is 8.18. The predicted octanol–water partition coefficient (Wildman–Crippen LogP) is 2.04. The SMILES string of the molecule is CCCCC1CC(=O)N(CC)C1. The van der Waals surface area contributed by atoms with Crippen LogP contribution in [0, 0.1) is 5.92 Å². The molecule has 1 aliphatic heterocycles. The molecule has 1 rings (SSSR count). The van der Waals surface area contributed by atoms with Crippen molar-refractivity contribution in [1.29, 1.82) is 0 Å². The van der Waals surface area contributed by atoms with E-state index in [1.165, 1.54) is 19.3 Å². The monoisotopic (exact) mass is 169 g/mol. The Morgan fingerprint density at radius 1 is 1.50 bits per heavy atom. The van der Waals surface area contributed by atoms with Crippen LogP contribution in [0.2, 0.25) is 0 Å². The van der Waals surface area contributed by atoms with Gasteiger partial charge in [-0.1, -0.05) is 19.8 Å². The van der Waals surface area contributed by atoms with Gasteiger partial charge in [-0.05, 0) is 19.3 Å². The Labute approximate surface area is 74.9 Å². The Morgan fingerprint density at radius 3 is 2.75 bits per heavy atom.